The zero-order chi connectivity index (χ0) is 17.9. The van der Waals surface area contributed by atoms with Crippen molar-refractivity contribution in [2.45, 2.75) is 6.92 Å². The third-order valence-corrected chi connectivity index (χ3v) is 3.93. The van der Waals surface area contributed by atoms with Gasteiger partial charge in [0.2, 0.25) is 0 Å². The van der Waals surface area contributed by atoms with Gasteiger partial charge in [0.25, 0.3) is 5.91 Å². The van der Waals surface area contributed by atoms with Gasteiger partial charge in [-0.25, -0.2) is 0 Å². The molecule has 1 N–H and O–H groups in total. The smallest absolute Gasteiger partial charge is 0.302 e. The lowest BCUT2D eigenvalue weighted by molar-refractivity contribution is 0.102. The molecule has 4 aromatic rings. The minimum atomic E-state index is -0.401. The van der Waals surface area contributed by atoms with Crippen LogP contribution < -0.4 is 5.32 Å². The molecule has 0 aliphatic rings. The molecule has 0 saturated carbocycles. The molecule has 4 rings (SSSR count). The Morgan fingerprint density at radius 2 is 1.73 bits per heavy atom. The SMILES string of the molecule is Cc1ccc(-c2coc(NC(=O)c3conc3-c3ccccc3)n2)cc1. The fourth-order valence-electron chi connectivity index (χ4n) is 2.55. The van der Waals surface area contributed by atoms with E-state index < -0.39 is 5.91 Å². The Labute approximate surface area is 149 Å². The highest BCUT2D eigenvalue weighted by Gasteiger charge is 2.19. The number of oxazole rings is 1. The van der Waals surface area contributed by atoms with Crippen molar-refractivity contribution in [2.75, 3.05) is 5.32 Å². The number of amides is 1. The van der Waals surface area contributed by atoms with Crippen molar-refractivity contribution < 1.29 is 13.7 Å². The van der Waals surface area contributed by atoms with E-state index in [1.54, 1.807) is 0 Å². The number of aromatic nitrogens is 2. The molecule has 6 nitrogen and oxygen atoms in total. The standard InChI is InChI=1S/C20H15N3O3/c1-13-7-9-14(10-8-13)17-12-25-20(21-17)22-19(24)16-11-26-23-18(16)15-5-3-2-4-6-15/h2-12H,1H3,(H,21,22,24). The molecule has 0 spiro atoms. The van der Waals surface area contributed by atoms with Crippen molar-refractivity contribution in [1.82, 2.24) is 10.1 Å². The second-order valence-electron chi connectivity index (χ2n) is 5.80. The molecule has 128 valence electrons. The Hall–Kier alpha value is -3.67. The van der Waals surface area contributed by atoms with Crippen molar-refractivity contribution in [3.63, 3.8) is 0 Å². The van der Waals surface area contributed by atoms with Crippen LogP contribution in [0.3, 0.4) is 0 Å². The number of carbonyl (C=O) groups excluding carboxylic acids is 1. The molecule has 0 fully saturated rings. The van der Waals surface area contributed by atoms with Gasteiger partial charge < -0.3 is 8.94 Å². The van der Waals surface area contributed by atoms with E-state index in [0.29, 0.717) is 17.0 Å². The lowest BCUT2D eigenvalue weighted by Gasteiger charge is -2.01. The number of benzene rings is 2. The van der Waals surface area contributed by atoms with E-state index in [0.717, 1.165) is 16.7 Å². The summed E-state index contributed by atoms with van der Waals surface area (Å²) in [5, 5.41) is 6.56. The molecule has 2 heterocycles. The monoisotopic (exact) mass is 345 g/mol. The van der Waals surface area contributed by atoms with Gasteiger partial charge >= 0.3 is 6.01 Å². The van der Waals surface area contributed by atoms with Gasteiger partial charge in [-0.15, -0.1) is 0 Å². The van der Waals surface area contributed by atoms with Crippen LogP contribution in [0.25, 0.3) is 22.5 Å². The Morgan fingerprint density at radius 1 is 0.962 bits per heavy atom. The number of carbonyl (C=O) groups is 1. The molecule has 0 atom stereocenters. The van der Waals surface area contributed by atoms with Gasteiger partial charge in [-0.3, -0.25) is 10.1 Å². The lowest BCUT2D eigenvalue weighted by Crippen LogP contribution is -2.12. The molecule has 0 saturated heterocycles. The van der Waals surface area contributed by atoms with Crippen LogP contribution in [0.4, 0.5) is 6.01 Å². The summed E-state index contributed by atoms with van der Waals surface area (Å²) in [7, 11) is 0. The summed E-state index contributed by atoms with van der Waals surface area (Å²) in [6.45, 7) is 2.02. The molecule has 0 aliphatic heterocycles. The fraction of sp³-hybridized carbons (Fsp3) is 0.0500. The number of anilines is 1. The van der Waals surface area contributed by atoms with Crippen molar-refractivity contribution in [1.29, 1.82) is 0 Å². The minimum absolute atomic E-state index is 0.116. The summed E-state index contributed by atoms with van der Waals surface area (Å²) in [6.07, 6.45) is 2.81. The first-order chi connectivity index (χ1) is 12.7. The molecule has 1 amide bonds. The van der Waals surface area contributed by atoms with Gasteiger partial charge in [-0.1, -0.05) is 65.3 Å². The maximum Gasteiger partial charge on any atom is 0.302 e. The van der Waals surface area contributed by atoms with E-state index in [2.05, 4.69) is 15.5 Å². The summed E-state index contributed by atoms with van der Waals surface area (Å²) >= 11 is 0. The highest BCUT2D eigenvalue weighted by atomic mass is 16.5. The average Bonchev–Trinajstić information content (AvgIpc) is 3.32. The number of rotatable bonds is 4. The zero-order valence-corrected chi connectivity index (χ0v) is 14.0. The zero-order valence-electron chi connectivity index (χ0n) is 14.0. The van der Waals surface area contributed by atoms with Crippen molar-refractivity contribution >= 4 is 11.9 Å². The number of hydrogen-bond acceptors (Lipinski definition) is 5. The van der Waals surface area contributed by atoms with Crippen LogP contribution in [-0.4, -0.2) is 16.0 Å². The summed E-state index contributed by atoms with van der Waals surface area (Å²) in [5.41, 5.74) is 4.29. The number of hydrogen-bond donors (Lipinski definition) is 1. The van der Waals surface area contributed by atoms with E-state index in [4.69, 9.17) is 8.94 Å². The molecule has 0 radical (unpaired) electrons. The summed E-state index contributed by atoms with van der Waals surface area (Å²) in [4.78, 5) is 16.9. The molecule has 0 aliphatic carbocycles. The molecule has 26 heavy (non-hydrogen) atoms. The van der Waals surface area contributed by atoms with E-state index >= 15 is 0 Å². The summed E-state index contributed by atoms with van der Waals surface area (Å²) in [6, 6.07) is 17.3. The van der Waals surface area contributed by atoms with Gasteiger partial charge in [0.05, 0.1) is 0 Å². The van der Waals surface area contributed by atoms with Gasteiger partial charge in [0.15, 0.2) is 0 Å². The minimum Gasteiger partial charge on any atom is -0.431 e. The first-order valence-corrected chi connectivity index (χ1v) is 8.04. The Balaban J connectivity index is 1.55. The molecule has 6 heteroatoms. The Kier molecular flexibility index (Phi) is 4.07. The second-order valence-corrected chi connectivity index (χ2v) is 5.80. The Bertz CT molecular complexity index is 1030. The second kappa shape index (κ2) is 6.68. The van der Waals surface area contributed by atoms with Crippen LogP contribution in [0.5, 0.6) is 0 Å². The molecule has 2 aromatic heterocycles. The first kappa shape index (κ1) is 15.8. The van der Waals surface area contributed by atoms with Gasteiger partial charge in [0, 0.05) is 11.1 Å². The van der Waals surface area contributed by atoms with Gasteiger partial charge in [-0.2, -0.15) is 4.98 Å². The van der Waals surface area contributed by atoms with Crippen molar-refractivity contribution in [2.24, 2.45) is 0 Å². The third-order valence-electron chi connectivity index (χ3n) is 3.93. The molecule has 0 unspecified atom stereocenters. The third kappa shape index (κ3) is 3.12. The number of nitrogens with zero attached hydrogens (tertiary/aromatic N) is 2. The van der Waals surface area contributed by atoms with Crippen LogP contribution in [0.15, 0.2) is 76.1 Å². The predicted octanol–water partition coefficient (Wildman–Crippen LogP) is 4.56. The van der Waals surface area contributed by atoms with E-state index in [9.17, 15) is 4.79 Å². The van der Waals surface area contributed by atoms with Crippen LogP contribution in [0.1, 0.15) is 15.9 Å². The molecular formula is C20H15N3O3. The fourth-order valence-corrected chi connectivity index (χ4v) is 2.55. The largest absolute Gasteiger partial charge is 0.431 e. The van der Waals surface area contributed by atoms with Gasteiger partial charge in [0.1, 0.15) is 29.5 Å². The molecule has 0 bridgehead atoms. The van der Waals surface area contributed by atoms with Crippen LogP contribution in [0, 0.1) is 6.92 Å². The molecular weight excluding hydrogens is 330 g/mol. The first-order valence-electron chi connectivity index (χ1n) is 8.04. The normalized spacial score (nSPS) is 10.7. The van der Waals surface area contributed by atoms with Crippen LogP contribution in [0.2, 0.25) is 0 Å². The molecule has 2 aromatic carbocycles. The maximum atomic E-state index is 12.5. The van der Waals surface area contributed by atoms with Crippen LogP contribution >= 0.6 is 0 Å². The average molecular weight is 345 g/mol. The van der Waals surface area contributed by atoms with E-state index in [-0.39, 0.29) is 6.01 Å². The summed E-state index contributed by atoms with van der Waals surface area (Å²) in [5.74, 6) is -0.401. The van der Waals surface area contributed by atoms with E-state index in [1.165, 1.54) is 12.5 Å². The highest BCUT2D eigenvalue weighted by molar-refractivity contribution is 6.07. The highest BCUT2D eigenvalue weighted by Crippen LogP contribution is 2.24. The quantitative estimate of drug-likeness (QED) is 0.586. The van der Waals surface area contributed by atoms with Gasteiger partial charge in [-0.05, 0) is 6.92 Å². The van der Waals surface area contributed by atoms with Crippen molar-refractivity contribution in [3.8, 4) is 22.5 Å². The predicted molar refractivity (Wildman–Crippen MR) is 96.6 cm³/mol. The topological polar surface area (TPSA) is 81.2 Å². The Morgan fingerprint density at radius 3 is 2.50 bits per heavy atom. The lowest BCUT2D eigenvalue weighted by atomic mass is 10.1. The number of aryl methyl sites for hydroxylation is 1. The van der Waals surface area contributed by atoms with Crippen LogP contribution in [-0.2, 0) is 0 Å². The maximum absolute atomic E-state index is 12.5. The van der Waals surface area contributed by atoms with E-state index in [1.807, 2.05) is 61.5 Å². The summed E-state index contributed by atoms with van der Waals surface area (Å²) < 4.78 is 10.4. The van der Waals surface area contributed by atoms with Crippen molar-refractivity contribution in [3.05, 3.63) is 78.3 Å². The number of nitrogens with one attached hydrogen (secondary N) is 1.